The number of nitrogens with one attached hydrogen (secondary N) is 1. The van der Waals surface area contributed by atoms with Gasteiger partial charge in [-0.2, -0.15) is 0 Å². The third kappa shape index (κ3) is 3.34. The molecule has 1 N–H and O–H groups in total. The first-order valence-electron chi connectivity index (χ1n) is 7.27. The van der Waals surface area contributed by atoms with Gasteiger partial charge in [0.2, 0.25) is 0 Å². The van der Waals surface area contributed by atoms with Crippen LogP contribution < -0.4 is 5.32 Å². The molecule has 2 atom stereocenters. The Hall–Kier alpha value is -0.310. The number of hydrogen-bond acceptors (Lipinski definition) is 1. The second-order valence-corrected chi connectivity index (χ2v) is 6.21. The van der Waals surface area contributed by atoms with E-state index in [-0.39, 0.29) is 0 Å². The summed E-state index contributed by atoms with van der Waals surface area (Å²) in [5.74, 6) is 0. The highest BCUT2D eigenvalue weighted by Gasteiger charge is 2.27. The summed E-state index contributed by atoms with van der Waals surface area (Å²) in [6, 6.07) is 1.86. The highest BCUT2D eigenvalue weighted by Crippen LogP contribution is 2.24. The fourth-order valence-corrected chi connectivity index (χ4v) is 3.84. The first-order chi connectivity index (χ1) is 8.18. The zero-order valence-corrected chi connectivity index (χ0v) is 12.1. The van der Waals surface area contributed by atoms with Crippen molar-refractivity contribution in [2.45, 2.75) is 83.3 Å². The molecule has 1 saturated heterocycles. The molecule has 2 fully saturated rings. The number of likely N-dealkylation sites (tertiary alicyclic amines) is 1. The first kappa shape index (κ1) is 13.1. The molecule has 2 aliphatic rings. The van der Waals surface area contributed by atoms with Gasteiger partial charge < -0.3 is 10.2 Å². The summed E-state index contributed by atoms with van der Waals surface area (Å²) >= 11 is 5.62. The zero-order valence-electron chi connectivity index (χ0n) is 11.2. The van der Waals surface area contributed by atoms with Crippen LogP contribution in [0.25, 0.3) is 0 Å². The Labute approximate surface area is 111 Å². The van der Waals surface area contributed by atoms with Crippen molar-refractivity contribution in [1.82, 2.24) is 10.2 Å². The standard InChI is InChI=1S/C14H26N2S/c1-11-7-6-8-12(2)16(11)14(17)15-13-9-4-3-5-10-13/h11-13H,3-10H2,1-2H3,(H,15,17). The van der Waals surface area contributed by atoms with Crippen LogP contribution in [-0.4, -0.2) is 28.1 Å². The Balaban J connectivity index is 1.88. The second kappa shape index (κ2) is 6.03. The van der Waals surface area contributed by atoms with E-state index in [2.05, 4.69) is 24.1 Å². The predicted molar refractivity (Wildman–Crippen MR) is 77.2 cm³/mol. The SMILES string of the molecule is CC1CCCC(C)N1C(=S)NC1CCCCC1. The lowest BCUT2D eigenvalue weighted by atomic mass is 9.95. The number of piperidine rings is 1. The molecule has 0 spiro atoms. The van der Waals surface area contributed by atoms with E-state index in [9.17, 15) is 0 Å². The molecule has 0 aromatic carbocycles. The summed E-state index contributed by atoms with van der Waals surface area (Å²) in [7, 11) is 0. The minimum absolute atomic E-state index is 0.613. The van der Waals surface area contributed by atoms with Gasteiger partial charge in [0.25, 0.3) is 0 Å². The average molecular weight is 254 g/mol. The van der Waals surface area contributed by atoms with Gasteiger partial charge in [0, 0.05) is 18.1 Å². The van der Waals surface area contributed by atoms with Crippen LogP contribution in [0.4, 0.5) is 0 Å². The first-order valence-corrected chi connectivity index (χ1v) is 7.68. The highest BCUT2D eigenvalue weighted by atomic mass is 32.1. The average Bonchev–Trinajstić information content (AvgIpc) is 2.30. The van der Waals surface area contributed by atoms with Crippen LogP contribution in [0.5, 0.6) is 0 Å². The van der Waals surface area contributed by atoms with Gasteiger partial charge in [-0.3, -0.25) is 0 Å². The molecule has 3 heteroatoms. The minimum atomic E-state index is 0.613. The van der Waals surface area contributed by atoms with Crippen molar-refractivity contribution in [3.05, 3.63) is 0 Å². The maximum Gasteiger partial charge on any atom is 0.169 e. The van der Waals surface area contributed by atoms with Gasteiger partial charge in [-0.1, -0.05) is 19.3 Å². The van der Waals surface area contributed by atoms with Crippen molar-refractivity contribution in [3.63, 3.8) is 0 Å². The fourth-order valence-electron chi connectivity index (χ4n) is 3.32. The highest BCUT2D eigenvalue weighted by molar-refractivity contribution is 7.80. The lowest BCUT2D eigenvalue weighted by Crippen LogP contribution is -2.53. The normalized spacial score (nSPS) is 31.3. The molecular weight excluding hydrogens is 228 g/mol. The Morgan fingerprint density at radius 2 is 1.53 bits per heavy atom. The molecule has 0 aromatic heterocycles. The van der Waals surface area contributed by atoms with E-state index in [1.54, 1.807) is 0 Å². The molecule has 17 heavy (non-hydrogen) atoms. The number of nitrogens with zero attached hydrogens (tertiary/aromatic N) is 1. The fraction of sp³-hybridized carbons (Fsp3) is 0.929. The van der Waals surface area contributed by atoms with Crippen LogP contribution in [0.2, 0.25) is 0 Å². The van der Waals surface area contributed by atoms with Crippen molar-refractivity contribution < 1.29 is 0 Å². The van der Waals surface area contributed by atoms with Gasteiger partial charge in [0.1, 0.15) is 0 Å². The molecule has 0 bridgehead atoms. The Kier molecular flexibility index (Phi) is 4.66. The predicted octanol–water partition coefficient (Wildman–Crippen LogP) is 3.46. The van der Waals surface area contributed by atoms with E-state index < -0.39 is 0 Å². The molecule has 1 heterocycles. The second-order valence-electron chi connectivity index (χ2n) is 5.82. The summed E-state index contributed by atoms with van der Waals surface area (Å²) in [6.45, 7) is 4.62. The monoisotopic (exact) mass is 254 g/mol. The minimum Gasteiger partial charge on any atom is -0.360 e. The van der Waals surface area contributed by atoms with Gasteiger partial charge in [-0.15, -0.1) is 0 Å². The molecule has 1 aliphatic heterocycles. The lowest BCUT2D eigenvalue weighted by molar-refractivity contribution is 0.186. The van der Waals surface area contributed by atoms with Crippen LogP contribution >= 0.6 is 12.2 Å². The quantitative estimate of drug-likeness (QED) is 0.722. The van der Waals surface area contributed by atoms with Gasteiger partial charge in [-0.05, 0) is 58.2 Å². The van der Waals surface area contributed by atoms with Crippen molar-refractivity contribution in [2.75, 3.05) is 0 Å². The summed E-state index contributed by atoms with van der Waals surface area (Å²) in [4.78, 5) is 2.44. The maximum absolute atomic E-state index is 5.62. The molecule has 98 valence electrons. The molecule has 0 aromatic rings. The maximum atomic E-state index is 5.62. The van der Waals surface area contributed by atoms with Crippen molar-refractivity contribution in [2.24, 2.45) is 0 Å². The summed E-state index contributed by atoms with van der Waals surface area (Å²) in [5.41, 5.74) is 0. The van der Waals surface area contributed by atoms with E-state index in [1.807, 2.05) is 0 Å². The molecule has 0 radical (unpaired) electrons. The van der Waals surface area contributed by atoms with Gasteiger partial charge in [0.05, 0.1) is 0 Å². The molecule has 2 unspecified atom stereocenters. The Morgan fingerprint density at radius 1 is 0.941 bits per heavy atom. The van der Waals surface area contributed by atoms with Gasteiger partial charge in [0.15, 0.2) is 5.11 Å². The summed E-state index contributed by atoms with van der Waals surface area (Å²) < 4.78 is 0. The van der Waals surface area contributed by atoms with E-state index in [0.717, 1.165) is 5.11 Å². The van der Waals surface area contributed by atoms with E-state index in [0.29, 0.717) is 18.1 Å². The molecule has 1 aliphatic carbocycles. The van der Waals surface area contributed by atoms with E-state index in [4.69, 9.17) is 12.2 Å². The number of hydrogen-bond donors (Lipinski definition) is 1. The van der Waals surface area contributed by atoms with Crippen LogP contribution in [0.1, 0.15) is 65.2 Å². The van der Waals surface area contributed by atoms with Gasteiger partial charge >= 0.3 is 0 Å². The van der Waals surface area contributed by atoms with Crippen molar-refractivity contribution in [3.8, 4) is 0 Å². The van der Waals surface area contributed by atoms with Crippen LogP contribution in [0.15, 0.2) is 0 Å². The lowest BCUT2D eigenvalue weighted by Gasteiger charge is -2.42. The van der Waals surface area contributed by atoms with Crippen LogP contribution in [0.3, 0.4) is 0 Å². The number of rotatable bonds is 1. The third-order valence-electron chi connectivity index (χ3n) is 4.36. The van der Waals surface area contributed by atoms with E-state index in [1.165, 1.54) is 51.4 Å². The molecular formula is C14H26N2S. The Bertz CT molecular complexity index is 251. The van der Waals surface area contributed by atoms with Crippen molar-refractivity contribution in [1.29, 1.82) is 0 Å². The van der Waals surface area contributed by atoms with Crippen LogP contribution in [-0.2, 0) is 0 Å². The van der Waals surface area contributed by atoms with E-state index >= 15 is 0 Å². The summed E-state index contributed by atoms with van der Waals surface area (Å²) in [6.07, 6.45) is 10.7. The topological polar surface area (TPSA) is 15.3 Å². The molecule has 2 nitrogen and oxygen atoms in total. The Morgan fingerprint density at radius 3 is 2.12 bits per heavy atom. The van der Waals surface area contributed by atoms with Crippen LogP contribution in [0, 0.1) is 0 Å². The zero-order chi connectivity index (χ0) is 12.3. The van der Waals surface area contributed by atoms with Crippen molar-refractivity contribution >= 4 is 17.3 Å². The number of thiocarbonyl (C=S) groups is 1. The molecule has 2 rings (SSSR count). The summed E-state index contributed by atoms with van der Waals surface area (Å²) in [5, 5.41) is 4.62. The smallest absolute Gasteiger partial charge is 0.169 e. The van der Waals surface area contributed by atoms with Gasteiger partial charge in [-0.25, -0.2) is 0 Å². The molecule has 0 amide bonds. The third-order valence-corrected chi connectivity index (χ3v) is 4.69. The molecule has 1 saturated carbocycles. The largest absolute Gasteiger partial charge is 0.360 e.